The lowest BCUT2D eigenvalue weighted by molar-refractivity contribution is -0.132. The van der Waals surface area contributed by atoms with Gasteiger partial charge < -0.3 is 14.0 Å². The van der Waals surface area contributed by atoms with Crippen LogP contribution in [-0.4, -0.2) is 43.3 Å². The molecular weight excluding hydrogens is 306 g/mol. The molecule has 1 amide bonds. The van der Waals surface area contributed by atoms with Crippen LogP contribution in [-0.2, 0) is 24.7 Å². The minimum atomic E-state index is 0.232. The van der Waals surface area contributed by atoms with Crippen LogP contribution in [0.1, 0.15) is 48.5 Å². The highest BCUT2D eigenvalue weighted by Crippen LogP contribution is 2.23. The van der Waals surface area contributed by atoms with Crippen LogP contribution in [0.4, 0.5) is 0 Å². The van der Waals surface area contributed by atoms with Crippen molar-refractivity contribution in [2.45, 2.75) is 58.4 Å². The van der Waals surface area contributed by atoms with Crippen molar-refractivity contribution >= 4 is 5.91 Å². The molecule has 2 aromatic rings. The summed E-state index contributed by atoms with van der Waals surface area (Å²) in [5, 5.41) is 12.0. The molecule has 130 valence electrons. The average molecular weight is 331 g/mol. The second-order valence-electron chi connectivity index (χ2n) is 6.58. The van der Waals surface area contributed by atoms with E-state index in [1.165, 1.54) is 0 Å². The molecule has 0 bridgehead atoms. The number of nitrogens with zero attached hydrogens (tertiary/aromatic N) is 5. The third-order valence-electron chi connectivity index (χ3n) is 4.97. The van der Waals surface area contributed by atoms with Crippen LogP contribution in [0, 0.1) is 13.8 Å². The Morgan fingerprint density at radius 3 is 2.88 bits per heavy atom. The first-order chi connectivity index (χ1) is 11.6. The Hall–Kier alpha value is -2.18. The summed E-state index contributed by atoms with van der Waals surface area (Å²) in [5.41, 5.74) is 1.96. The quantitative estimate of drug-likeness (QED) is 0.809. The van der Waals surface area contributed by atoms with E-state index < -0.39 is 0 Å². The van der Waals surface area contributed by atoms with Crippen molar-refractivity contribution < 1.29 is 9.32 Å². The van der Waals surface area contributed by atoms with Gasteiger partial charge >= 0.3 is 0 Å². The lowest BCUT2D eigenvalue weighted by Gasteiger charge is -2.24. The topological polar surface area (TPSA) is 77.1 Å². The van der Waals surface area contributed by atoms with Gasteiger partial charge in [-0.1, -0.05) is 5.16 Å². The first-order valence-electron chi connectivity index (χ1n) is 8.60. The number of carbonyl (C=O) groups is 1. The molecule has 1 fully saturated rings. The van der Waals surface area contributed by atoms with Gasteiger partial charge in [0.05, 0.1) is 5.69 Å². The normalized spacial score (nSPS) is 17.6. The van der Waals surface area contributed by atoms with Gasteiger partial charge in [0.2, 0.25) is 5.91 Å². The van der Waals surface area contributed by atoms with Gasteiger partial charge in [-0.15, -0.1) is 10.2 Å². The second-order valence-corrected chi connectivity index (χ2v) is 6.58. The average Bonchev–Trinajstić information content (AvgIpc) is 3.25. The second kappa shape index (κ2) is 7.15. The van der Waals surface area contributed by atoms with Gasteiger partial charge in [-0.2, -0.15) is 0 Å². The zero-order chi connectivity index (χ0) is 17.1. The third-order valence-corrected chi connectivity index (χ3v) is 4.97. The Morgan fingerprint density at radius 1 is 1.38 bits per heavy atom. The molecule has 0 aliphatic carbocycles. The van der Waals surface area contributed by atoms with E-state index >= 15 is 0 Å². The molecule has 1 aliphatic rings. The van der Waals surface area contributed by atoms with E-state index in [1.54, 1.807) is 6.33 Å². The number of likely N-dealkylation sites (tertiary alicyclic amines) is 1. The smallest absolute Gasteiger partial charge is 0.223 e. The minimum Gasteiger partial charge on any atom is -0.361 e. The maximum absolute atomic E-state index is 12.6. The van der Waals surface area contributed by atoms with Crippen molar-refractivity contribution in [2.75, 3.05) is 6.54 Å². The molecule has 2 aromatic heterocycles. The summed E-state index contributed by atoms with van der Waals surface area (Å²) in [6.45, 7) is 4.69. The highest BCUT2D eigenvalue weighted by atomic mass is 16.5. The van der Waals surface area contributed by atoms with Gasteiger partial charge in [-0.05, 0) is 39.5 Å². The van der Waals surface area contributed by atoms with E-state index in [4.69, 9.17) is 4.52 Å². The largest absolute Gasteiger partial charge is 0.361 e. The van der Waals surface area contributed by atoms with Crippen molar-refractivity contribution in [1.29, 1.82) is 0 Å². The Labute approximate surface area is 142 Å². The molecule has 0 spiro atoms. The van der Waals surface area contributed by atoms with E-state index in [0.29, 0.717) is 18.9 Å². The van der Waals surface area contributed by atoms with Gasteiger partial charge in [-0.25, -0.2) is 0 Å². The zero-order valence-corrected chi connectivity index (χ0v) is 14.7. The minimum absolute atomic E-state index is 0.232. The summed E-state index contributed by atoms with van der Waals surface area (Å²) in [7, 11) is 1.95. The van der Waals surface area contributed by atoms with Crippen molar-refractivity contribution in [3.05, 3.63) is 29.2 Å². The van der Waals surface area contributed by atoms with Crippen molar-refractivity contribution in [3.8, 4) is 0 Å². The molecule has 1 aliphatic heterocycles. The molecule has 7 nitrogen and oxygen atoms in total. The van der Waals surface area contributed by atoms with E-state index in [0.717, 1.165) is 55.1 Å². The van der Waals surface area contributed by atoms with E-state index in [9.17, 15) is 4.79 Å². The summed E-state index contributed by atoms with van der Waals surface area (Å²) >= 11 is 0. The van der Waals surface area contributed by atoms with E-state index in [-0.39, 0.29) is 5.91 Å². The van der Waals surface area contributed by atoms with Gasteiger partial charge in [0, 0.05) is 38.0 Å². The Balaban J connectivity index is 1.54. The summed E-state index contributed by atoms with van der Waals surface area (Å²) < 4.78 is 7.12. The number of rotatable bonds is 6. The standard InChI is InChI=1S/C17H25N5O2/c1-12-15(13(2)24-20-12)7-9-17(23)22-10-4-5-14(22)6-8-16-19-18-11-21(16)3/h11,14H,4-10H2,1-3H3. The Morgan fingerprint density at radius 2 is 2.21 bits per heavy atom. The molecule has 3 rings (SSSR count). The Kier molecular flexibility index (Phi) is 4.97. The number of aryl methyl sites for hydroxylation is 4. The molecule has 0 saturated carbocycles. The van der Waals surface area contributed by atoms with Crippen LogP contribution in [0.2, 0.25) is 0 Å². The highest BCUT2D eigenvalue weighted by molar-refractivity contribution is 5.77. The maximum Gasteiger partial charge on any atom is 0.223 e. The number of hydrogen-bond donors (Lipinski definition) is 0. The lowest BCUT2D eigenvalue weighted by Crippen LogP contribution is -2.36. The summed E-state index contributed by atoms with van der Waals surface area (Å²) in [5.74, 6) is 2.03. The van der Waals surface area contributed by atoms with Crippen LogP contribution in [0.3, 0.4) is 0 Å². The molecule has 1 atom stereocenters. The Bertz CT molecular complexity index is 686. The fourth-order valence-corrected chi connectivity index (χ4v) is 3.53. The van der Waals surface area contributed by atoms with Gasteiger partial charge in [0.25, 0.3) is 0 Å². The van der Waals surface area contributed by atoms with Crippen LogP contribution < -0.4 is 0 Å². The summed E-state index contributed by atoms with van der Waals surface area (Å²) in [4.78, 5) is 14.7. The van der Waals surface area contributed by atoms with E-state index in [2.05, 4.69) is 20.3 Å². The van der Waals surface area contributed by atoms with Crippen molar-refractivity contribution in [1.82, 2.24) is 24.8 Å². The molecular formula is C17H25N5O2. The van der Waals surface area contributed by atoms with Gasteiger partial charge in [0.15, 0.2) is 0 Å². The molecule has 0 radical (unpaired) electrons. The fourth-order valence-electron chi connectivity index (χ4n) is 3.53. The first kappa shape index (κ1) is 16.7. The number of amides is 1. The number of carbonyl (C=O) groups excluding carboxylic acids is 1. The van der Waals surface area contributed by atoms with E-state index in [1.807, 2.05) is 25.5 Å². The van der Waals surface area contributed by atoms with Crippen LogP contribution in [0.5, 0.6) is 0 Å². The van der Waals surface area contributed by atoms with Crippen LogP contribution in [0.25, 0.3) is 0 Å². The molecule has 0 N–H and O–H groups in total. The van der Waals surface area contributed by atoms with Crippen molar-refractivity contribution in [3.63, 3.8) is 0 Å². The molecule has 7 heteroatoms. The SMILES string of the molecule is Cc1noc(C)c1CCC(=O)N1CCCC1CCc1nncn1C. The molecule has 24 heavy (non-hydrogen) atoms. The van der Waals surface area contributed by atoms with Crippen LogP contribution >= 0.6 is 0 Å². The number of aromatic nitrogens is 4. The zero-order valence-electron chi connectivity index (χ0n) is 14.7. The monoisotopic (exact) mass is 331 g/mol. The van der Waals surface area contributed by atoms with Crippen LogP contribution in [0.15, 0.2) is 10.9 Å². The predicted molar refractivity (Wildman–Crippen MR) is 88.4 cm³/mol. The summed E-state index contributed by atoms with van der Waals surface area (Å²) in [6.07, 6.45) is 6.90. The fraction of sp³-hybridized carbons (Fsp3) is 0.647. The van der Waals surface area contributed by atoms with Gasteiger partial charge in [0.1, 0.15) is 17.9 Å². The molecule has 1 saturated heterocycles. The maximum atomic E-state index is 12.6. The van der Waals surface area contributed by atoms with Crippen molar-refractivity contribution in [2.24, 2.45) is 7.05 Å². The van der Waals surface area contributed by atoms with Gasteiger partial charge in [-0.3, -0.25) is 4.79 Å². The molecule has 3 heterocycles. The summed E-state index contributed by atoms with van der Waals surface area (Å²) in [6, 6.07) is 0.318. The first-order valence-corrected chi connectivity index (χ1v) is 8.60. The predicted octanol–water partition coefficient (Wildman–Crippen LogP) is 1.98. The number of hydrogen-bond acceptors (Lipinski definition) is 5. The third kappa shape index (κ3) is 3.49. The highest BCUT2D eigenvalue weighted by Gasteiger charge is 2.28. The molecule has 1 unspecified atom stereocenters. The lowest BCUT2D eigenvalue weighted by atomic mass is 10.1. The molecule has 0 aromatic carbocycles.